The van der Waals surface area contributed by atoms with Crippen LogP contribution in [-0.2, 0) is 4.79 Å². The number of anilines is 1. The van der Waals surface area contributed by atoms with Crippen LogP contribution in [-0.4, -0.2) is 53.8 Å². The van der Waals surface area contributed by atoms with Gasteiger partial charge in [-0.1, -0.05) is 54.6 Å². The van der Waals surface area contributed by atoms with Crippen molar-refractivity contribution in [3.63, 3.8) is 0 Å². The summed E-state index contributed by atoms with van der Waals surface area (Å²) < 4.78 is 5.59. The average molecular weight is 425 g/mol. The molecule has 160 valence electrons. The van der Waals surface area contributed by atoms with E-state index in [2.05, 4.69) is 45.4 Å². The molecule has 1 aromatic heterocycles. The van der Waals surface area contributed by atoms with Gasteiger partial charge < -0.3 is 14.5 Å². The number of ether oxygens (including phenoxy) is 1. The van der Waals surface area contributed by atoms with E-state index in [9.17, 15) is 4.79 Å². The highest BCUT2D eigenvalue weighted by atomic mass is 16.5. The fraction of sp³-hybridized carbons (Fsp3) is 0.192. The van der Waals surface area contributed by atoms with Gasteiger partial charge in [0.1, 0.15) is 5.75 Å². The SMILES string of the molecule is O=C(COc1ccccc1)N1CCN(c2ccc(-c3ccc4ccccc4c3)nn2)CC1. The van der Waals surface area contributed by atoms with E-state index in [1.54, 1.807) is 0 Å². The Hall–Kier alpha value is -3.93. The number of piperazine rings is 1. The molecule has 2 heterocycles. The van der Waals surface area contributed by atoms with Crippen molar-refractivity contribution in [3.05, 3.63) is 84.9 Å². The van der Waals surface area contributed by atoms with Gasteiger partial charge in [-0.3, -0.25) is 4.79 Å². The number of aromatic nitrogens is 2. The van der Waals surface area contributed by atoms with Crippen molar-refractivity contribution >= 4 is 22.5 Å². The first-order valence-electron chi connectivity index (χ1n) is 10.8. The van der Waals surface area contributed by atoms with E-state index in [1.165, 1.54) is 10.8 Å². The van der Waals surface area contributed by atoms with Gasteiger partial charge in [-0.15, -0.1) is 10.2 Å². The number of hydrogen-bond donors (Lipinski definition) is 0. The van der Waals surface area contributed by atoms with Crippen LogP contribution in [0.3, 0.4) is 0 Å². The highest BCUT2D eigenvalue weighted by Crippen LogP contribution is 2.24. The number of fused-ring (bicyclic) bond motifs is 1. The van der Waals surface area contributed by atoms with Crippen LogP contribution in [0.5, 0.6) is 5.75 Å². The quantitative estimate of drug-likeness (QED) is 0.484. The normalized spacial score (nSPS) is 13.9. The first-order chi connectivity index (χ1) is 15.8. The van der Waals surface area contributed by atoms with Crippen molar-refractivity contribution in [2.75, 3.05) is 37.7 Å². The van der Waals surface area contributed by atoms with E-state index in [1.807, 2.05) is 59.5 Å². The van der Waals surface area contributed by atoms with E-state index in [4.69, 9.17) is 4.74 Å². The molecule has 1 aliphatic heterocycles. The fourth-order valence-corrected chi connectivity index (χ4v) is 3.93. The van der Waals surface area contributed by atoms with Gasteiger partial charge in [-0.25, -0.2) is 0 Å². The maximum Gasteiger partial charge on any atom is 0.260 e. The molecule has 0 atom stereocenters. The lowest BCUT2D eigenvalue weighted by atomic mass is 10.1. The van der Waals surface area contributed by atoms with Gasteiger partial charge in [0.05, 0.1) is 5.69 Å². The molecule has 1 aliphatic rings. The topological polar surface area (TPSA) is 58.6 Å². The Kier molecular flexibility index (Phi) is 5.66. The Morgan fingerprint density at radius 2 is 1.53 bits per heavy atom. The smallest absolute Gasteiger partial charge is 0.260 e. The van der Waals surface area contributed by atoms with Crippen molar-refractivity contribution in [2.45, 2.75) is 0 Å². The Labute approximate surface area is 187 Å². The summed E-state index contributed by atoms with van der Waals surface area (Å²) in [7, 11) is 0. The Bertz CT molecular complexity index is 1200. The second-order valence-electron chi connectivity index (χ2n) is 7.81. The zero-order valence-electron chi connectivity index (χ0n) is 17.7. The molecule has 0 saturated carbocycles. The van der Waals surface area contributed by atoms with Gasteiger partial charge in [-0.05, 0) is 41.1 Å². The second kappa shape index (κ2) is 9.06. The van der Waals surface area contributed by atoms with Crippen LogP contribution in [0.1, 0.15) is 0 Å². The summed E-state index contributed by atoms with van der Waals surface area (Å²) in [6.45, 7) is 2.79. The maximum atomic E-state index is 12.5. The molecular weight excluding hydrogens is 400 g/mol. The largest absolute Gasteiger partial charge is 0.484 e. The lowest BCUT2D eigenvalue weighted by Gasteiger charge is -2.35. The zero-order valence-corrected chi connectivity index (χ0v) is 17.7. The Balaban J connectivity index is 1.18. The van der Waals surface area contributed by atoms with Crippen LogP contribution in [0.4, 0.5) is 5.82 Å². The predicted octanol–water partition coefficient (Wildman–Crippen LogP) is 4.02. The van der Waals surface area contributed by atoms with Crippen molar-refractivity contribution in [2.24, 2.45) is 0 Å². The Morgan fingerprint density at radius 3 is 2.28 bits per heavy atom. The van der Waals surface area contributed by atoms with Gasteiger partial charge >= 0.3 is 0 Å². The van der Waals surface area contributed by atoms with E-state index in [-0.39, 0.29) is 12.5 Å². The van der Waals surface area contributed by atoms with Crippen molar-refractivity contribution in [3.8, 4) is 17.0 Å². The summed E-state index contributed by atoms with van der Waals surface area (Å²) >= 11 is 0. The summed E-state index contributed by atoms with van der Waals surface area (Å²) in [6.07, 6.45) is 0. The molecule has 32 heavy (non-hydrogen) atoms. The standard InChI is InChI=1S/C26H24N4O2/c31-26(19-32-23-8-2-1-3-9-23)30-16-14-29(15-17-30)25-13-12-24(27-28-25)22-11-10-20-6-4-5-7-21(20)18-22/h1-13,18H,14-17,19H2. The minimum atomic E-state index is 0.00578. The number of rotatable bonds is 5. The molecule has 0 aliphatic carbocycles. The van der Waals surface area contributed by atoms with Crippen LogP contribution in [0, 0.1) is 0 Å². The highest BCUT2D eigenvalue weighted by molar-refractivity contribution is 5.86. The number of para-hydroxylation sites is 1. The second-order valence-corrected chi connectivity index (χ2v) is 7.81. The minimum Gasteiger partial charge on any atom is -0.484 e. The summed E-state index contributed by atoms with van der Waals surface area (Å²) in [5, 5.41) is 11.3. The lowest BCUT2D eigenvalue weighted by molar-refractivity contribution is -0.133. The number of carbonyl (C=O) groups is 1. The zero-order chi connectivity index (χ0) is 21.8. The van der Waals surface area contributed by atoms with E-state index >= 15 is 0 Å². The first kappa shape index (κ1) is 20.0. The number of carbonyl (C=O) groups excluding carboxylic acids is 1. The third kappa shape index (κ3) is 4.39. The van der Waals surface area contributed by atoms with Gasteiger partial charge in [0.25, 0.3) is 5.91 Å². The lowest BCUT2D eigenvalue weighted by Crippen LogP contribution is -2.50. The van der Waals surface area contributed by atoms with Crippen LogP contribution in [0.2, 0.25) is 0 Å². The van der Waals surface area contributed by atoms with Gasteiger partial charge in [0.15, 0.2) is 12.4 Å². The van der Waals surface area contributed by atoms with Crippen LogP contribution in [0.15, 0.2) is 84.9 Å². The van der Waals surface area contributed by atoms with Crippen molar-refractivity contribution in [1.82, 2.24) is 15.1 Å². The summed E-state index contributed by atoms with van der Waals surface area (Å²) in [5.41, 5.74) is 1.91. The molecule has 0 spiro atoms. The molecular formula is C26H24N4O2. The molecule has 0 unspecified atom stereocenters. The average Bonchev–Trinajstić information content (AvgIpc) is 2.88. The van der Waals surface area contributed by atoms with Crippen LogP contribution >= 0.6 is 0 Å². The van der Waals surface area contributed by atoms with Gasteiger partial charge in [-0.2, -0.15) is 0 Å². The molecule has 1 fully saturated rings. The molecule has 0 N–H and O–H groups in total. The maximum absolute atomic E-state index is 12.5. The molecule has 5 rings (SSSR count). The third-order valence-electron chi connectivity index (χ3n) is 5.76. The number of amides is 1. The summed E-state index contributed by atoms with van der Waals surface area (Å²) in [5.74, 6) is 1.55. The highest BCUT2D eigenvalue weighted by Gasteiger charge is 2.22. The number of hydrogen-bond acceptors (Lipinski definition) is 5. The summed E-state index contributed by atoms with van der Waals surface area (Å²) in [4.78, 5) is 16.5. The van der Waals surface area contributed by atoms with E-state index < -0.39 is 0 Å². The first-order valence-corrected chi connectivity index (χ1v) is 10.8. The van der Waals surface area contributed by atoms with E-state index in [0.717, 1.165) is 30.2 Å². The minimum absolute atomic E-state index is 0.00578. The Morgan fingerprint density at radius 1 is 0.781 bits per heavy atom. The molecule has 0 bridgehead atoms. The molecule has 6 nitrogen and oxygen atoms in total. The van der Waals surface area contributed by atoms with Crippen molar-refractivity contribution in [1.29, 1.82) is 0 Å². The molecule has 1 amide bonds. The van der Waals surface area contributed by atoms with Crippen molar-refractivity contribution < 1.29 is 9.53 Å². The molecule has 4 aromatic rings. The molecule has 0 radical (unpaired) electrons. The fourth-order valence-electron chi connectivity index (χ4n) is 3.93. The summed E-state index contributed by atoms with van der Waals surface area (Å²) in [6, 6.07) is 28.0. The molecule has 1 saturated heterocycles. The van der Waals surface area contributed by atoms with Crippen LogP contribution < -0.4 is 9.64 Å². The monoisotopic (exact) mass is 424 g/mol. The van der Waals surface area contributed by atoms with Crippen LogP contribution in [0.25, 0.3) is 22.0 Å². The predicted molar refractivity (Wildman–Crippen MR) is 126 cm³/mol. The van der Waals surface area contributed by atoms with E-state index in [0.29, 0.717) is 18.8 Å². The van der Waals surface area contributed by atoms with Gasteiger partial charge in [0.2, 0.25) is 0 Å². The number of nitrogens with zero attached hydrogens (tertiary/aromatic N) is 4. The molecule has 3 aromatic carbocycles. The third-order valence-corrected chi connectivity index (χ3v) is 5.76. The molecule has 6 heteroatoms. The number of benzene rings is 3. The van der Waals surface area contributed by atoms with Gasteiger partial charge in [0, 0.05) is 31.7 Å².